The van der Waals surface area contributed by atoms with Crippen LogP contribution in [-0.4, -0.2) is 47.3 Å². The second-order valence-corrected chi connectivity index (χ2v) is 6.44. The van der Waals surface area contributed by atoms with E-state index in [1.165, 1.54) is 20.8 Å². The van der Waals surface area contributed by atoms with Gasteiger partial charge in [-0.25, -0.2) is 9.69 Å². The summed E-state index contributed by atoms with van der Waals surface area (Å²) in [6, 6.07) is -2.43. The normalized spacial score (nSPS) is 21.2. The van der Waals surface area contributed by atoms with Gasteiger partial charge in [0.25, 0.3) is 0 Å². The fraction of sp³-hybridized carbons (Fsp3) is 0.714. The van der Waals surface area contributed by atoms with Gasteiger partial charge in [0.2, 0.25) is 5.91 Å². The van der Waals surface area contributed by atoms with E-state index in [4.69, 9.17) is 4.74 Å². The molecule has 1 heterocycles. The van der Waals surface area contributed by atoms with Gasteiger partial charge in [0, 0.05) is 12.8 Å². The third kappa shape index (κ3) is 4.08. The fourth-order valence-corrected chi connectivity index (χ4v) is 2.47. The van der Waals surface area contributed by atoms with E-state index >= 15 is 0 Å². The number of rotatable bonds is 4. The van der Waals surface area contributed by atoms with Crippen LogP contribution in [0, 0.1) is 5.41 Å². The molecule has 0 saturated carbocycles. The number of alkyl halides is 3. The number of imide groups is 1. The molecule has 0 aromatic carbocycles. The average Bonchev–Trinajstić information content (AvgIpc) is 2.62. The van der Waals surface area contributed by atoms with Crippen molar-refractivity contribution in [2.24, 2.45) is 5.41 Å². The smallest absolute Gasteiger partial charge is 0.417 e. The van der Waals surface area contributed by atoms with Gasteiger partial charge >= 0.3 is 12.3 Å². The van der Waals surface area contributed by atoms with Gasteiger partial charge < -0.3 is 14.3 Å². The number of hydrogen-bond acceptors (Lipinski definition) is 5. The van der Waals surface area contributed by atoms with Crippen molar-refractivity contribution in [1.82, 2.24) is 4.90 Å². The highest BCUT2D eigenvalue weighted by molar-refractivity contribution is 6.00. The van der Waals surface area contributed by atoms with Crippen LogP contribution in [0.4, 0.5) is 18.0 Å². The van der Waals surface area contributed by atoms with Crippen molar-refractivity contribution in [3.05, 3.63) is 0 Å². The zero-order chi connectivity index (χ0) is 18.1. The maximum absolute atomic E-state index is 13.2. The molecule has 0 aromatic heterocycles. The molecule has 23 heavy (non-hydrogen) atoms. The van der Waals surface area contributed by atoms with Crippen LogP contribution in [0.5, 0.6) is 0 Å². The molecule has 1 fully saturated rings. The molecule has 1 rings (SSSR count). The summed E-state index contributed by atoms with van der Waals surface area (Å²) in [5.74, 6) is -1.21. The summed E-state index contributed by atoms with van der Waals surface area (Å²) in [6.45, 7) is 4.33. The molecule has 0 aliphatic carbocycles. The second-order valence-electron chi connectivity index (χ2n) is 6.44. The molecule has 1 aliphatic heterocycles. The Kier molecular flexibility index (Phi) is 5.23. The van der Waals surface area contributed by atoms with E-state index in [1.807, 2.05) is 0 Å². The van der Waals surface area contributed by atoms with Crippen LogP contribution in [0.3, 0.4) is 0 Å². The molecule has 0 spiro atoms. The summed E-state index contributed by atoms with van der Waals surface area (Å²) in [6.07, 6.45) is -7.77. The van der Waals surface area contributed by atoms with Crippen LogP contribution < -0.4 is 0 Å². The number of amides is 2. The Bertz CT molecular complexity index is 500. The molecule has 2 amide bonds. The summed E-state index contributed by atoms with van der Waals surface area (Å²) in [5, 5.41) is 0. The highest BCUT2D eigenvalue weighted by Crippen LogP contribution is 2.46. The molecule has 0 N–H and O–H groups in total. The summed E-state index contributed by atoms with van der Waals surface area (Å²) < 4.78 is 44.5. The number of carbonyl (C=O) groups excluding carboxylic acids is 4. The number of likely N-dealkylation sites (tertiary alicyclic amines) is 1. The Balaban J connectivity index is 3.28. The molecule has 9 heteroatoms. The van der Waals surface area contributed by atoms with Gasteiger partial charge in [-0.1, -0.05) is 0 Å². The molecule has 0 radical (unpaired) electrons. The first-order valence-corrected chi connectivity index (χ1v) is 6.88. The van der Waals surface area contributed by atoms with Gasteiger partial charge in [-0.3, -0.25) is 4.79 Å². The van der Waals surface area contributed by atoms with Crippen LogP contribution in [0.25, 0.3) is 0 Å². The van der Waals surface area contributed by atoms with Crippen molar-refractivity contribution >= 4 is 24.6 Å². The third-order valence-corrected chi connectivity index (χ3v) is 3.48. The lowest BCUT2D eigenvalue weighted by Gasteiger charge is -2.28. The SMILES string of the molecule is CC(C)(C)OC(=O)N1C(=O)C(CC=O)(CC=O)CC1C(F)(F)F. The number of aldehydes is 2. The second kappa shape index (κ2) is 6.29. The topological polar surface area (TPSA) is 80.8 Å². The molecule has 1 atom stereocenters. The number of halogens is 3. The highest BCUT2D eigenvalue weighted by atomic mass is 19.4. The van der Waals surface area contributed by atoms with Crippen molar-refractivity contribution < 1.29 is 37.1 Å². The van der Waals surface area contributed by atoms with Crippen LogP contribution in [0.15, 0.2) is 0 Å². The first kappa shape index (κ1) is 19.1. The van der Waals surface area contributed by atoms with E-state index in [0.717, 1.165) is 0 Å². The van der Waals surface area contributed by atoms with Crippen LogP contribution >= 0.6 is 0 Å². The highest BCUT2D eigenvalue weighted by Gasteiger charge is 2.62. The van der Waals surface area contributed by atoms with Gasteiger partial charge in [-0.2, -0.15) is 13.2 Å². The molecular weight excluding hydrogens is 319 g/mol. The maximum atomic E-state index is 13.2. The zero-order valence-electron chi connectivity index (χ0n) is 13.0. The number of carbonyl (C=O) groups is 4. The molecule has 1 saturated heterocycles. The van der Waals surface area contributed by atoms with Crippen LogP contribution in [0.1, 0.15) is 40.0 Å². The Labute approximate surface area is 130 Å². The monoisotopic (exact) mass is 337 g/mol. The largest absolute Gasteiger partial charge is 0.443 e. The zero-order valence-corrected chi connectivity index (χ0v) is 13.0. The first-order chi connectivity index (χ1) is 10.4. The van der Waals surface area contributed by atoms with Crippen LogP contribution in [0.2, 0.25) is 0 Å². The number of nitrogens with zero attached hydrogens (tertiary/aromatic N) is 1. The van der Waals surface area contributed by atoms with E-state index in [-0.39, 0.29) is 17.5 Å². The van der Waals surface area contributed by atoms with Crippen molar-refractivity contribution in [3.63, 3.8) is 0 Å². The Morgan fingerprint density at radius 1 is 1.26 bits per heavy atom. The van der Waals surface area contributed by atoms with Gasteiger partial charge in [0.1, 0.15) is 24.2 Å². The van der Waals surface area contributed by atoms with Crippen molar-refractivity contribution in [2.75, 3.05) is 0 Å². The summed E-state index contributed by atoms with van der Waals surface area (Å²) in [5.41, 5.74) is -2.96. The Hall–Kier alpha value is -1.93. The lowest BCUT2D eigenvalue weighted by molar-refractivity contribution is -0.177. The van der Waals surface area contributed by atoms with Gasteiger partial charge in [0.15, 0.2) is 0 Å². The molecule has 1 aliphatic rings. The predicted octanol–water partition coefficient (Wildman–Crippen LogP) is 2.25. The summed E-state index contributed by atoms with van der Waals surface area (Å²) in [4.78, 5) is 45.9. The third-order valence-electron chi connectivity index (χ3n) is 3.48. The minimum absolute atomic E-state index is 0.0156. The van der Waals surface area contributed by atoms with Crippen molar-refractivity contribution in [2.45, 2.75) is 57.9 Å². The van der Waals surface area contributed by atoms with Crippen molar-refractivity contribution in [3.8, 4) is 0 Å². The van der Waals surface area contributed by atoms with Gasteiger partial charge in [0.05, 0.1) is 5.41 Å². The maximum Gasteiger partial charge on any atom is 0.417 e. The van der Waals surface area contributed by atoms with Crippen LogP contribution in [-0.2, 0) is 19.1 Å². The number of ether oxygens (including phenoxy) is 1. The Morgan fingerprint density at radius 3 is 2.09 bits per heavy atom. The number of hydrogen-bond donors (Lipinski definition) is 0. The summed E-state index contributed by atoms with van der Waals surface area (Å²) in [7, 11) is 0. The minimum atomic E-state index is -4.89. The molecule has 1 unspecified atom stereocenters. The Morgan fingerprint density at radius 2 is 1.74 bits per heavy atom. The lowest BCUT2D eigenvalue weighted by Crippen LogP contribution is -2.49. The van der Waals surface area contributed by atoms with E-state index in [9.17, 15) is 32.3 Å². The first-order valence-electron chi connectivity index (χ1n) is 6.88. The van der Waals surface area contributed by atoms with E-state index in [0.29, 0.717) is 0 Å². The minimum Gasteiger partial charge on any atom is -0.443 e. The predicted molar refractivity (Wildman–Crippen MR) is 71.3 cm³/mol. The van der Waals surface area contributed by atoms with Gasteiger partial charge in [-0.15, -0.1) is 0 Å². The molecule has 0 aromatic rings. The molecule has 6 nitrogen and oxygen atoms in total. The summed E-state index contributed by atoms with van der Waals surface area (Å²) >= 11 is 0. The van der Waals surface area contributed by atoms with E-state index in [2.05, 4.69) is 0 Å². The van der Waals surface area contributed by atoms with E-state index < -0.39 is 54.5 Å². The van der Waals surface area contributed by atoms with Gasteiger partial charge in [-0.05, 0) is 27.2 Å². The van der Waals surface area contributed by atoms with Crippen molar-refractivity contribution in [1.29, 1.82) is 0 Å². The van der Waals surface area contributed by atoms with E-state index in [1.54, 1.807) is 0 Å². The molecular formula is C14H18F3NO5. The molecule has 130 valence electrons. The lowest BCUT2D eigenvalue weighted by atomic mass is 9.79. The fourth-order valence-electron chi connectivity index (χ4n) is 2.47. The standard InChI is InChI=1S/C14H18F3NO5/c1-12(2,3)23-11(22)18-9(14(15,16)17)8-13(4-6-19,5-7-20)10(18)21/h6-7,9H,4-5,8H2,1-3H3. The molecule has 0 bridgehead atoms. The average molecular weight is 337 g/mol. The quantitative estimate of drug-likeness (QED) is 0.735.